The average Bonchev–Trinajstić information content (AvgIpc) is 3.40. The molecule has 0 spiro atoms. The Hall–Kier alpha value is -4.12. The third-order valence-corrected chi connectivity index (χ3v) is 5.80. The predicted molar refractivity (Wildman–Crippen MR) is 129 cm³/mol. The van der Waals surface area contributed by atoms with E-state index in [0.29, 0.717) is 28.1 Å². The normalized spacial score (nSPS) is 11.4. The maximum atomic E-state index is 13.2. The number of ketones is 1. The summed E-state index contributed by atoms with van der Waals surface area (Å²) in [5.74, 6) is -0.0384. The second kappa shape index (κ2) is 8.43. The Bertz CT molecular complexity index is 1470. The lowest BCUT2D eigenvalue weighted by atomic mass is 10.00. The van der Waals surface area contributed by atoms with Crippen LogP contribution in [0.2, 0.25) is 0 Å². The monoisotopic (exact) mass is 437 g/mol. The molecule has 0 saturated heterocycles. The SMILES string of the molecule is CC(C)c1ccc2occ(CC(=O)Nc3c(C(=O)c4ccccc4)oc4ccccc34)c2c1. The van der Waals surface area contributed by atoms with Crippen molar-refractivity contribution in [1.29, 1.82) is 0 Å². The lowest BCUT2D eigenvalue weighted by Gasteiger charge is -2.07. The number of hydrogen-bond acceptors (Lipinski definition) is 4. The zero-order valence-corrected chi connectivity index (χ0v) is 18.4. The number of hydrogen-bond donors (Lipinski definition) is 1. The van der Waals surface area contributed by atoms with Gasteiger partial charge in [0, 0.05) is 21.9 Å². The molecule has 1 N–H and O–H groups in total. The van der Waals surface area contributed by atoms with Crippen molar-refractivity contribution >= 4 is 39.3 Å². The predicted octanol–water partition coefficient (Wildman–Crippen LogP) is 6.71. The zero-order valence-electron chi connectivity index (χ0n) is 18.4. The van der Waals surface area contributed by atoms with Gasteiger partial charge in [0.05, 0.1) is 18.4 Å². The Morgan fingerprint density at radius 2 is 1.64 bits per heavy atom. The highest BCUT2D eigenvalue weighted by molar-refractivity contribution is 6.17. The van der Waals surface area contributed by atoms with Gasteiger partial charge in [-0.1, -0.05) is 62.4 Å². The molecule has 5 aromatic rings. The maximum Gasteiger partial charge on any atom is 0.230 e. The van der Waals surface area contributed by atoms with Gasteiger partial charge in [0.2, 0.25) is 11.7 Å². The number of amides is 1. The van der Waals surface area contributed by atoms with E-state index in [-0.39, 0.29) is 23.9 Å². The highest BCUT2D eigenvalue weighted by Gasteiger charge is 2.23. The highest BCUT2D eigenvalue weighted by atomic mass is 16.3. The lowest BCUT2D eigenvalue weighted by molar-refractivity contribution is -0.115. The largest absolute Gasteiger partial charge is 0.464 e. The van der Waals surface area contributed by atoms with Gasteiger partial charge in [0.1, 0.15) is 11.2 Å². The molecule has 0 atom stereocenters. The van der Waals surface area contributed by atoms with Crippen molar-refractivity contribution in [3.05, 3.63) is 102 Å². The van der Waals surface area contributed by atoms with E-state index < -0.39 is 0 Å². The van der Waals surface area contributed by atoms with Crippen LogP contribution in [0.3, 0.4) is 0 Å². The number of rotatable bonds is 6. The van der Waals surface area contributed by atoms with Gasteiger partial charge in [-0.05, 0) is 35.7 Å². The van der Waals surface area contributed by atoms with Crippen LogP contribution in [0.4, 0.5) is 5.69 Å². The fraction of sp³-hybridized carbons (Fsp3) is 0.143. The summed E-state index contributed by atoms with van der Waals surface area (Å²) in [7, 11) is 0. The first-order valence-electron chi connectivity index (χ1n) is 10.9. The molecule has 33 heavy (non-hydrogen) atoms. The molecule has 2 aromatic heterocycles. The van der Waals surface area contributed by atoms with Crippen LogP contribution >= 0.6 is 0 Å². The van der Waals surface area contributed by atoms with Crippen LogP contribution in [-0.4, -0.2) is 11.7 Å². The number of benzene rings is 3. The van der Waals surface area contributed by atoms with Crippen molar-refractivity contribution in [2.45, 2.75) is 26.2 Å². The van der Waals surface area contributed by atoms with Crippen LogP contribution in [0.1, 0.15) is 47.0 Å². The van der Waals surface area contributed by atoms with Gasteiger partial charge in [0.15, 0.2) is 5.76 Å². The van der Waals surface area contributed by atoms with Crippen molar-refractivity contribution in [3.8, 4) is 0 Å². The molecule has 0 radical (unpaired) electrons. The van der Waals surface area contributed by atoms with E-state index in [1.807, 2.05) is 36.4 Å². The van der Waals surface area contributed by atoms with Gasteiger partial charge in [-0.3, -0.25) is 9.59 Å². The third kappa shape index (κ3) is 3.94. The second-order valence-corrected chi connectivity index (χ2v) is 8.39. The molecular weight excluding hydrogens is 414 g/mol. The van der Waals surface area contributed by atoms with Gasteiger partial charge < -0.3 is 14.2 Å². The van der Waals surface area contributed by atoms with Crippen molar-refractivity contribution in [1.82, 2.24) is 0 Å². The van der Waals surface area contributed by atoms with Gasteiger partial charge in [-0.25, -0.2) is 0 Å². The van der Waals surface area contributed by atoms with Crippen LogP contribution in [0.25, 0.3) is 21.9 Å². The van der Waals surface area contributed by atoms with Crippen LogP contribution < -0.4 is 5.32 Å². The minimum Gasteiger partial charge on any atom is -0.464 e. The second-order valence-electron chi connectivity index (χ2n) is 8.39. The molecule has 0 fully saturated rings. The summed E-state index contributed by atoms with van der Waals surface area (Å²) < 4.78 is 11.5. The molecule has 0 bridgehead atoms. The van der Waals surface area contributed by atoms with Crippen molar-refractivity contribution in [2.75, 3.05) is 5.32 Å². The number of para-hydroxylation sites is 1. The lowest BCUT2D eigenvalue weighted by Crippen LogP contribution is -2.16. The Kier molecular flexibility index (Phi) is 5.31. The molecule has 2 heterocycles. The molecule has 5 rings (SSSR count). The first-order chi connectivity index (χ1) is 16.0. The van der Waals surface area contributed by atoms with E-state index >= 15 is 0 Å². The molecule has 5 nitrogen and oxygen atoms in total. The fourth-order valence-corrected chi connectivity index (χ4v) is 4.00. The fourth-order valence-electron chi connectivity index (χ4n) is 4.00. The van der Waals surface area contributed by atoms with Gasteiger partial charge in [-0.15, -0.1) is 0 Å². The first-order valence-corrected chi connectivity index (χ1v) is 10.9. The first kappa shape index (κ1) is 20.8. The molecule has 0 aliphatic heterocycles. The average molecular weight is 437 g/mol. The molecule has 0 aliphatic carbocycles. The molecule has 164 valence electrons. The summed E-state index contributed by atoms with van der Waals surface area (Å²) in [4.78, 5) is 26.2. The summed E-state index contributed by atoms with van der Waals surface area (Å²) in [5.41, 5.74) is 4.16. The molecule has 0 aliphatic rings. The van der Waals surface area contributed by atoms with Crippen LogP contribution in [0.15, 0.2) is 87.9 Å². The third-order valence-electron chi connectivity index (χ3n) is 5.80. The standard InChI is InChI=1S/C28H23NO4/c1-17(2)19-12-13-23-22(14-19)20(16-32-23)15-25(30)29-26-21-10-6-7-11-24(21)33-28(26)27(31)18-8-4-3-5-9-18/h3-14,16-17H,15H2,1-2H3,(H,29,30). The number of nitrogens with one attached hydrogen (secondary N) is 1. The minimum atomic E-state index is -0.280. The summed E-state index contributed by atoms with van der Waals surface area (Å²) in [6.07, 6.45) is 1.74. The molecular formula is C28H23NO4. The maximum absolute atomic E-state index is 13.2. The van der Waals surface area contributed by atoms with Gasteiger partial charge >= 0.3 is 0 Å². The smallest absolute Gasteiger partial charge is 0.230 e. The highest BCUT2D eigenvalue weighted by Crippen LogP contribution is 2.33. The number of furan rings is 2. The van der Waals surface area contributed by atoms with E-state index in [1.165, 1.54) is 5.56 Å². The topological polar surface area (TPSA) is 72.5 Å². The molecule has 5 heteroatoms. The van der Waals surface area contributed by atoms with Crippen LogP contribution in [0, 0.1) is 0 Å². The Morgan fingerprint density at radius 1 is 0.879 bits per heavy atom. The summed E-state index contributed by atoms with van der Waals surface area (Å²) in [5, 5.41) is 4.54. The van der Waals surface area contributed by atoms with Crippen LogP contribution in [0.5, 0.6) is 0 Å². The van der Waals surface area contributed by atoms with Gasteiger partial charge in [0.25, 0.3) is 0 Å². The number of anilines is 1. The summed E-state index contributed by atoms with van der Waals surface area (Å²) in [6, 6.07) is 22.2. The number of carbonyl (C=O) groups is 2. The Balaban J connectivity index is 1.48. The quantitative estimate of drug-likeness (QED) is 0.300. The van der Waals surface area contributed by atoms with Crippen molar-refractivity contribution in [3.63, 3.8) is 0 Å². The molecule has 1 amide bonds. The van der Waals surface area contributed by atoms with E-state index in [4.69, 9.17) is 8.83 Å². The van der Waals surface area contributed by atoms with Crippen molar-refractivity contribution < 1.29 is 18.4 Å². The van der Waals surface area contributed by atoms with E-state index in [1.54, 1.807) is 36.6 Å². The minimum absolute atomic E-state index is 0.118. The Labute approximate surface area is 191 Å². The van der Waals surface area contributed by atoms with Gasteiger partial charge in [-0.2, -0.15) is 0 Å². The van der Waals surface area contributed by atoms with E-state index in [2.05, 4.69) is 25.2 Å². The Morgan fingerprint density at radius 3 is 2.42 bits per heavy atom. The summed E-state index contributed by atoms with van der Waals surface area (Å²) in [6.45, 7) is 4.26. The molecule has 0 unspecified atom stereocenters. The zero-order chi connectivity index (χ0) is 22.9. The molecule has 3 aromatic carbocycles. The van der Waals surface area contributed by atoms with E-state index in [0.717, 1.165) is 16.5 Å². The summed E-state index contributed by atoms with van der Waals surface area (Å²) >= 11 is 0. The van der Waals surface area contributed by atoms with Crippen molar-refractivity contribution in [2.24, 2.45) is 0 Å². The van der Waals surface area contributed by atoms with Crippen LogP contribution in [-0.2, 0) is 11.2 Å². The number of carbonyl (C=O) groups excluding carboxylic acids is 2. The van der Waals surface area contributed by atoms with E-state index in [9.17, 15) is 9.59 Å². The number of fused-ring (bicyclic) bond motifs is 2. The molecule has 0 saturated carbocycles.